The van der Waals surface area contributed by atoms with Crippen molar-refractivity contribution in [2.75, 3.05) is 22.4 Å². The van der Waals surface area contributed by atoms with Gasteiger partial charge in [0.1, 0.15) is 6.54 Å². The number of carbonyl (C=O) groups is 1. The molecule has 166 valence electrons. The maximum atomic E-state index is 12.9. The second kappa shape index (κ2) is 8.67. The van der Waals surface area contributed by atoms with E-state index in [0.717, 1.165) is 40.2 Å². The van der Waals surface area contributed by atoms with E-state index < -0.39 is 10.0 Å². The molecule has 4 aromatic rings. The third-order valence-corrected chi connectivity index (χ3v) is 6.83. The number of nitrogens with zero attached hydrogens (tertiary/aromatic N) is 2. The van der Waals surface area contributed by atoms with Gasteiger partial charge in [-0.2, -0.15) is 0 Å². The lowest BCUT2D eigenvalue weighted by molar-refractivity contribution is -0.114. The average molecular weight is 450 g/mol. The molecule has 0 aliphatic rings. The second-order valence-corrected chi connectivity index (χ2v) is 9.70. The highest BCUT2D eigenvalue weighted by Crippen LogP contribution is 2.31. The van der Waals surface area contributed by atoms with Gasteiger partial charge in [-0.05, 0) is 49.2 Å². The number of sulfonamides is 1. The van der Waals surface area contributed by atoms with Crippen molar-refractivity contribution in [3.8, 4) is 0 Å². The van der Waals surface area contributed by atoms with E-state index in [0.29, 0.717) is 17.8 Å². The number of anilines is 2. The van der Waals surface area contributed by atoms with Crippen LogP contribution in [0.5, 0.6) is 0 Å². The quantitative estimate of drug-likeness (QED) is 0.441. The summed E-state index contributed by atoms with van der Waals surface area (Å²) in [5.41, 5.74) is 4.29. The van der Waals surface area contributed by atoms with E-state index in [4.69, 9.17) is 0 Å². The minimum absolute atomic E-state index is 0.287. The van der Waals surface area contributed by atoms with Gasteiger partial charge in [-0.1, -0.05) is 43.3 Å². The van der Waals surface area contributed by atoms with Crippen LogP contribution in [0.3, 0.4) is 0 Å². The molecule has 0 fully saturated rings. The van der Waals surface area contributed by atoms with Crippen molar-refractivity contribution in [3.05, 3.63) is 72.3 Å². The molecular weight excluding hydrogens is 422 g/mol. The first-order valence-corrected chi connectivity index (χ1v) is 12.5. The van der Waals surface area contributed by atoms with Gasteiger partial charge in [-0.25, -0.2) is 8.42 Å². The number of carbonyl (C=O) groups excluding carboxylic acids is 1. The van der Waals surface area contributed by atoms with Crippen LogP contribution in [-0.2, 0) is 27.8 Å². The predicted molar refractivity (Wildman–Crippen MR) is 132 cm³/mol. The number of aryl methyl sites for hydroxylation is 2. The van der Waals surface area contributed by atoms with Crippen LogP contribution in [0.2, 0.25) is 0 Å². The Kier molecular flexibility index (Phi) is 5.93. The lowest BCUT2D eigenvalue weighted by Crippen LogP contribution is -2.38. The van der Waals surface area contributed by atoms with Crippen LogP contribution in [-0.4, -0.2) is 31.7 Å². The Bertz CT molecular complexity index is 1410. The number of hydrogen-bond donors (Lipinski definition) is 1. The fourth-order valence-electron chi connectivity index (χ4n) is 4.24. The number of para-hydroxylation sites is 2. The SMILES string of the molecule is CCc1ccccc1N(CC(=O)Nc1ccc2c(c1)c1ccccc1n2CC)S(C)(=O)=O. The highest BCUT2D eigenvalue weighted by molar-refractivity contribution is 7.92. The third-order valence-electron chi connectivity index (χ3n) is 5.70. The molecule has 32 heavy (non-hydrogen) atoms. The van der Waals surface area contributed by atoms with E-state index in [1.165, 1.54) is 4.31 Å². The maximum Gasteiger partial charge on any atom is 0.245 e. The Morgan fingerprint density at radius 3 is 2.34 bits per heavy atom. The molecule has 0 spiro atoms. The van der Waals surface area contributed by atoms with Crippen LogP contribution < -0.4 is 9.62 Å². The van der Waals surface area contributed by atoms with Gasteiger partial charge in [0.25, 0.3) is 0 Å². The summed E-state index contributed by atoms with van der Waals surface area (Å²) in [4.78, 5) is 12.9. The monoisotopic (exact) mass is 449 g/mol. The van der Waals surface area contributed by atoms with Crippen molar-refractivity contribution in [1.82, 2.24) is 4.57 Å². The first kappa shape index (κ1) is 21.9. The van der Waals surface area contributed by atoms with Crippen LogP contribution in [0.4, 0.5) is 11.4 Å². The summed E-state index contributed by atoms with van der Waals surface area (Å²) in [6.45, 7) is 4.62. The topological polar surface area (TPSA) is 71.4 Å². The summed E-state index contributed by atoms with van der Waals surface area (Å²) in [6.07, 6.45) is 1.79. The Balaban J connectivity index is 1.65. The predicted octanol–water partition coefficient (Wildman–Crippen LogP) is 4.78. The molecule has 3 aromatic carbocycles. The summed E-state index contributed by atoms with van der Waals surface area (Å²) in [7, 11) is -3.63. The minimum atomic E-state index is -3.63. The Morgan fingerprint density at radius 1 is 0.938 bits per heavy atom. The fourth-order valence-corrected chi connectivity index (χ4v) is 5.12. The van der Waals surface area contributed by atoms with Crippen LogP contribution in [0.1, 0.15) is 19.4 Å². The highest BCUT2D eigenvalue weighted by Gasteiger charge is 2.23. The molecule has 0 unspecified atom stereocenters. The van der Waals surface area contributed by atoms with Crippen LogP contribution in [0.25, 0.3) is 21.8 Å². The molecule has 0 aliphatic carbocycles. The van der Waals surface area contributed by atoms with Gasteiger partial charge in [0.05, 0.1) is 11.9 Å². The normalized spacial score (nSPS) is 11.7. The maximum absolute atomic E-state index is 12.9. The zero-order valence-electron chi connectivity index (χ0n) is 18.5. The van der Waals surface area contributed by atoms with E-state index >= 15 is 0 Å². The molecule has 1 N–H and O–H groups in total. The van der Waals surface area contributed by atoms with Crippen LogP contribution >= 0.6 is 0 Å². The first-order valence-electron chi connectivity index (χ1n) is 10.7. The molecule has 0 aliphatic heterocycles. The zero-order valence-corrected chi connectivity index (χ0v) is 19.3. The van der Waals surface area contributed by atoms with Gasteiger partial charge in [-0.15, -0.1) is 0 Å². The lowest BCUT2D eigenvalue weighted by atomic mass is 10.1. The van der Waals surface area contributed by atoms with E-state index in [9.17, 15) is 13.2 Å². The van der Waals surface area contributed by atoms with Crippen LogP contribution in [0, 0.1) is 0 Å². The van der Waals surface area contributed by atoms with Crippen molar-refractivity contribution in [2.24, 2.45) is 0 Å². The van der Waals surface area contributed by atoms with E-state index in [-0.39, 0.29) is 12.5 Å². The molecule has 7 heteroatoms. The molecule has 0 saturated heterocycles. The third kappa shape index (κ3) is 4.08. The molecular formula is C25H27N3O3S. The van der Waals surface area contributed by atoms with Gasteiger partial charge >= 0.3 is 0 Å². The number of hydrogen-bond acceptors (Lipinski definition) is 3. The van der Waals surface area contributed by atoms with Gasteiger partial charge in [0.15, 0.2) is 0 Å². The standard InChI is InChI=1S/C25H27N3O3S/c1-4-18-10-6-8-12-22(18)28(32(3,30)31)17-25(29)26-19-14-15-24-21(16-19)20-11-7-9-13-23(20)27(24)5-2/h6-16H,4-5,17H2,1-3H3,(H,26,29). The highest BCUT2D eigenvalue weighted by atomic mass is 32.2. The summed E-state index contributed by atoms with van der Waals surface area (Å²) in [6, 6.07) is 21.2. The number of nitrogens with one attached hydrogen (secondary N) is 1. The fraction of sp³-hybridized carbons (Fsp3) is 0.240. The zero-order chi connectivity index (χ0) is 22.9. The Morgan fingerprint density at radius 2 is 1.62 bits per heavy atom. The molecule has 0 saturated carbocycles. The molecule has 4 rings (SSSR count). The van der Waals surface area contributed by atoms with E-state index in [1.54, 1.807) is 12.1 Å². The van der Waals surface area contributed by atoms with Crippen LogP contribution in [0.15, 0.2) is 66.7 Å². The minimum Gasteiger partial charge on any atom is -0.341 e. The summed E-state index contributed by atoms with van der Waals surface area (Å²) >= 11 is 0. The van der Waals surface area contributed by atoms with Crippen molar-refractivity contribution in [1.29, 1.82) is 0 Å². The molecule has 0 radical (unpaired) electrons. The number of amides is 1. The summed E-state index contributed by atoms with van der Waals surface area (Å²) in [5, 5.41) is 5.05. The van der Waals surface area contributed by atoms with Gasteiger partial charge in [0.2, 0.25) is 15.9 Å². The van der Waals surface area contributed by atoms with Gasteiger partial charge in [-0.3, -0.25) is 9.10 Å². The van der Waals surface area contributed by atoms with E-state index in [2.05, 4.69) is 28.9 Å². The molecule has 6 nitrogen and oxygen atoms in total. The Hall–Kier alpha value is -3.32. The molecule has 0 bridgehead atoms. The molecule has 1 amide bonds. The number of rotatable bonds is 7. The summed E-state index contributed by atoms with van der Waals surface area (Å²) in [5.74, 6) is -0.389. The second-order valence-electron chi connectivity index (χ2n) is 7.79. The number of aromatic nitrogens is 1. The smallest absolute Gasteiger partial charge is 0.245 e. The van der Waals surface area contributed by atoms with Gasteiger partial charge < -0.3 is 9.88 Å². The number of fused-ring (bicyclic) bond motifs is 3. The lowest BCUT2D eigenvalue weighted by Gasteiger charge is -2.24. The van der Waals surface area contributed by atoms with Gasteiger partial charge in [0, 0.05) is 34.0 Å². The Labute approximate surface area is 188 Å². The first-order chi connectivity index (χ1) is 15.3. The average Bonchev–Trinajstić information content (AvgIpc) is 3.09. The van der Waals surface area contributed by atoms with Crippen molar-refractivity contribution in [3.63, 3.8) is 0 Å². The largest absolute Gasteiger partial charge is 0.341 e. The molecule has 1 aromatic heterocycles. The number of benzene rings is 3. The molecule has 1 heterocycles. The molecule has 0 atom stereocenters. The van der Waals surface area contributed by atoms with Crippen molar-refractivity contribution >= 4 is 49.1 Å². The van der Waals surface area contributed by atoms with E-state index in [1.807, 2.05) is 49.4 Å². The van der Waals surface area contributed by atoms with Crippen molar-refractivity contribution in [2.45, 2.75) is 26.8 Å². The van der Waals surface area contributed by atoms with Crippen molar-refractivity contribution < 1.29 is 13.2 Å². The summed E-state index contributed by atoms with van der Waals surface area (Å²) < 4.78 is 28.4.